The second-order valence-electron chi connectivity index (χ2n) is 4.60. The van der Waals surface area contributed by atoms with Crippen LogP contribution in [0.2, 0.25) is 0 Å². The van der Waals surface area contributed by atoms with Crippen molar-refractivity contribution in [3.05, 3.63) is 0 Å². The summed E-state index contributed by atoms with van der Waals surface area (Å²) < 4.78 is 0. The first-order valence-electron chi connectivity index (χ1n) is 5.91. The second-order valence-corrected chi connectivity index (χ2v) is 4.60. The Morgan fingerprint density at radius 3 is 2.28 bits per heavy atom. The molecule has 0 aliphatic heterocycles. The van der Waals surface area contributed by atoms with Crippen molar-refractivity contribution in [3.8, 4) is 0 Å². The number of nitrogens with zero attached hydrogens (tertiary/aromatic N) is 1. The van der Waals surface area contributed by atoms with E-state index in [9.17, 15) is 9.59 Å². The maximum absolute atomic E-state index is 12.0. The SMILES string of the molecule is CON(C)C(=O)[C@H](CC(C)C)NC(=O)[C@H](C)NN. The number of hydrogen-bond donors (Lipinski definition) is 3. The van der Waals surface area contributed by atoms with Crippen LogP contribution in [-0.4, -0.2) is 43.1 Å². The van der Waals surface area contributed by atoms with Crippen LogP contribution in [0.3, 0.4) is 0 Å². The molecule has 0 saturated heterocycles. The highest BCUT2D eigenvalue weighted by molar-refractivity contribution is 5.89. The highest BCUT2D eigenvalue weighted by Gasteiger charge is 2.26. The number of carbonyl (C=O) groups is 2. The third-order valence-electron chi connectivity index (χ3n) is 2.55. The molecule has 0 heterocycles. The number of likely N-dealkylation sites (N-methyl/N-ethyl adjacent to an activating group) is 1. The van der Waals surface area contributed by atoms with Gasteiger partial charge in [-0.15, -0.1) is 0 Å². The van der Waals surface area contributed by atoms with Gasteiger partial charge in [0.1, 0.15) is 6.04 Å². The van der Waals surface area contributed by atoms with Gasteiger partial charge in [0.15, 0.2) is 0 Å². The molecule has 4 N–H and O–H groups in total. The zero-order valence-corrected chi connectivity index (χ0v) is 11.7. The van der Waals surface area contributed by atoms with E-state index >= 15 is 0 Å². The van der Waals surface area contributed by atoms with E-state index in [2.05, 4.69) is 10.7 Å². The van der Waals surface area contributed by atoms with E-state index in [-0.39, 0.29) is 17.7 Å². The fourth-order valence-electron chi connectivity index (χ4n) is 1.37. The summed E-state index contributed by atoms with van der Waals surface area (Å²) in [4.78, 5) is 28.5. The first-order valence-corrected chi connectivity index (χ1v) is 5.91. The van der Waals surface area contributed by atoms with E-state index in [1.54, 1.807) is 6.92 Å². The number of amides is 2. The summed E-state index contributed by atoms with van der Waals surface area (Å²) in [6, 6.07) is -1.17. The van der Waals surface area contributed by atoms with Crippen LogP contribution in [0.15, 0.2) is 0 Å². The van der Waals surface area contributed by atoms with Crippen molar-refractivity contribution in [2.75, 3.05) is 14.2 Å². The molecule has 7 nitrogen and oxygen atoms in total. The number of rotatable bonds is 7. The van der Waals surface area contributed by atoms with Gasteiger partial charge in [-0.2, -0.15) is 0 Å². The Labute approximate surface area is 108 Å². The van der Waals surface area contributed by atoms with Crippen LogP contribution in [-0.2, 0) is 14.4 Å². The lowest BCUT2D eigenvalue weighted by Crippen LogP contribution is -2.53. The molecule has 106 valence electrons. The predicted molar refractivity (Wildman–Crippen MR) is 67.9 cm³/mol. The van der Waals surface area contributed by atoms with Crippen molar-refractivity contribution in [2.45, 2.75) is 39.3 Å². The third-order valence-corrected chi connectivity index (χ3v) is 2.55. The molecule has 0 spiro atoms. The van der Waals surface area contributed by atoms with Crippen molar-refractivity contribution in [3.63, 3.8) is 0 Å². The predicted octanol–water partition coefficient (Wildman–Crippen LogP) is -0.611. The minimum atomic E-state index is -0.613. The average Bonchev–Trinajstić information content (AvgIpc) is 2.34. The smallest absolute Gasteiger partial charge is 0.268 e. The highest BCUT2D eigenvalue weighted by Crippen LogP contribution is 2.07. The maximum atomic E-state index is 12.0. The molecule has 2 amide bonds. The number of nitrogens with one attached hydrogen (secondary N) is 2. The normalized spacial score (nSPS) is 14.2. The molecule has 0 aromatic rings. The number of nitrogens with two attached hydrogens (primary N) is 1. The molecular formula is C11H24N4O3. The van der Waals surface area contributed by atoms with Gasteiger partial charge in [-0.3, -0.25) is 20.3 Å². The molecule has 0 unspecified atom stereocenters. The Kier molecular flexibility index (Phi) is 7.49. The van der Waals surface area contributed by atoms with Gasteiger partial charge in [0.25, 0.3) is 5.91 Å². The number of carbonyl (C=O) groups excluding carboxylic acids is 2. The monoisotopic (exact) mass is 260 g/mol. The molecular weight excluding hydrogens is 236 g/mol. The minimum absolute atomic E-state index is 0.269. The van der Waals surface area contributed by atoms with E-state index < -0.39 is 12.1 Å². The molecule has 0 rings (SSSR count). The van der Waals surface area contributed by atoms with Crippen LogP contribution in [0.4, 0.5) is 0 Å². The maximum Gasteiger partial charge on any atom is 0.268 e. The molecule has 0 aliphatic carbocycles. The lowest BCUT2D eigenvalue weighted by molar-refractivity contribution is -0.172. The highest BCUT2D eigenvalue weighted by atomic mass is 16.7. The summed E-state index contributed by atoms with van der Waals surface area (Å²) in [6.45, 7) is 5.57. The zero-order valence-electron chi connectivity index (χ0n) is 11.7. The molecule has 0 bridgehead atoms. The van der Waals surface area contributed by atoms with Crippen LogP contribution in [0, 0.1) is 5.92 Å². The molecule has 2 atom stereocenters. The van der Waals surface area contributed by atoms with E-state index in [4.69, 9.17) is 10.7 Å². The van der Waals surface area contributed by atoms with Gasteiger partial charge < -0.3 is 5.32 Å². The summed E-state index contributed by atoms with van der Waals surface area (Å²) in [7, 11) is 2.91. The van der Waals surface area contributed by atoms with Crippen molar-refractivity contribution in [1.82, 2.24) is 15.8 Å². The van der Waals surface area contributed by atoms with Crippen LogP contribution in [0.1, 0.15) is 27.2 Å². The molecule has 7 heteroatoms. The first-order chi connectivity index (χ1) is 8.33. The van der Waals surface area contributed by atoms with Crippen molar-refractivity contribution < 1.29 is 14.4 Å². The number of hydroxylamine groups is 2. The van der Waals surface area contributed by atoms with Crippen molar-refractivity contribution in [2.24, 2.45) is 11.8 Å². The molecule has 18 heavy (non-hydrogen) atoms. The molecule has 0 fully saturated rings. The minimum Gasteiger partial charge on any atom is -0.343 e. The number of hydrazine groups is 1. The largest absolute Gasteiger partial charge is 0.343 e. The van der Waals surface area contributed by atoms with Crippen LogP contribution in [0.25, 0.3) is 0 Å². The quantitative estimate of drug-likeness (QED) is 0.419. The van der Waals surface area contributed by atoms with Crippen molar-refractivity contribution >= 4 is 11.8 Å². The van der Waals surface area contributed by atoms with E-state index in [0.717, 1.165) is 5.06 Å². The summed E-state index contributed by atoms with van der Waals surface area (Å²) >= 11 is 0. The Morgan fingerprint density at radius 2 is 1.89 bits per heavy atom. The van der Waals surface area contributed by atoms with Gasteiger partial charge in [-0.25, -0.2) is 10.5 Å². The topological polar surface area (TPSA) is 96.7 Å². The molecule has 0 radical (unpaired) electrons. The molecule has 0 aromatic carbocycles. The Hall–Kier alpha value is -1.18. The van der Waals surface area contributed by atoms with E-state index in [0.29, 0.717) is 6.42 Å². The second kappa shape index (κ2) is 8.02. The Balaban J connectivity index is 4.68. The summed E-state index contributed by atoms with van der Waals surface area (Å²) in [6.07, 6.45) is 0.537. The van der Waals surface area contributed by atoms with Gasteiger partial charge in [-0.1, -0.05) is 13.8 Å². The van der Waals surface area contributed by atoms with Crippen molar-refractivity contribution in [1.29, 1.82) is 0 Å². The lowest BCUT2D eigenvalue weighted by Gasteiger charge is -2.25. The fraction of sp³-hybridized carbons (Fsp3) is 0.818. The zero-order chi connectivity index (χ0) is 14.3. The summed E-state index contributed by atoms with van der Waals surface area (Å²) in [5.41, 5.74) is 2.34. The summed E-state index contributed by atoms with van der Waals surface area (Å²) in [5.74, 6) is 4.84. The fourth-order valence-corrected chi connectivity index (χ4v) is 1.37. The lowest BCUT2D eigenvalue weighted by atomic mass is 10.0. The molecule has 0 aliphatic rings. The van der Waals surface area contributed by atoms with Crippen LogP contribution < -0.4 is 16.6 Å². The Bertz CT molecular complexity index is 283. The van der Waals surface area contributed by atoms with E-state index in [1.807, 2.05) is 13.8 Å². The van der Waals surface area contributed by atoms with Crippen LogP contribution >= 0.6 is 0 Å². The molecule has 0 saturated carbocycles. The van der Waals surface area contributed by atoms with E-state index in [1.165, 1.54) is 14.2 Å². The van der Waals surface area contributed by atoms with Gasteiger partial charge in [-0.05, 0) is 19.3 Å². The number of hydrogen-bond acceptors (Lipinski definition) is 5. The van der Waals surface area contributed by atoms with Crippen LogP contribution in [0.5, 0.6) is 0 Å². The Morgan fingerprint density at radius 1 is 1.33 bits per heavy atom. The van der Waals surface area contributed by atoms with Gasteiger partial charge in [0, 0.05) is 7.05 Å². The summed E-state index contributed by atoms with van der Waals surface area (Å²) in [5, 5.41) is 3.77. The average molecular weight is 260 g/mol. The first kappa shape index (κ1) is 16.8. The third kappa shape index (κ3) is 5.44. The van der Waals surface area contributed by atoms with Gasteiger partial charge in [0.2, 0.25) is 5.91 Å². The van der Waals surface area contributed by atoms with Gasteiger partial charge >= 0.3 is 0 Å². The molecule has 0 aromatic heterocycles. The van der Waals surface area contributed by atoms with Gasteiger partial charge in [0.05, 0.1) is 13.2 Å². The standard InChI is InChI=1S/C11H24N4O3/c1-7(2)6-9(11(17)15(4)18-5)13-10(16)8(3)14-12/h7-9,14H,6,12H2,1-5H3,(H,13,16)/t8-,9-/m0/s1.